The number of nitrogens with zero attached hydrogens (tertiary/aromatic N) is 2. The molecule has 4 atom stereocenters. The molecule has 0 aromatic heterocycles. The van der Waals surface area contributed by atoms with Crippen molar-refractivity contribution < 1.29 is 9.59 Å². The smallest absolute Gasteiger partial charge is 0.211 e. The van der Waals surface area contributed by atoms with Crippen LogP contribution in [-0.2, 0) is 9.59 Å². The second-order valence-corrected chi connectivity index (χ2v) is 5.99. The number of isocyanates is 2. The Labute approximate surface area is 114 Å². The lowest BCUT2D eigenvalue weighted by molar-refractivity contribution is 0.215. The van der Waals surface area contributed by atoms with Gasteiger partial charge in [-0.15, -0.1) is 0 Å². The summed E-state index contributed by atoms with van der Waals surface area (Å²) in [7, 11) is 0. The van der Waals surface area contributed by atoms with Crippen molar-refractivity contribution in [2.45, 2.75) is 44.9 Å². The molecule has 2 aliphatic carbocycles. The van der Waals surface area contributed by atoms with Gasteiger partial charge in [0, 0.05) is 0 Å². The van der Waals surface area contributed by atoms with E-state index < -0.39 is 0 Å². The Balaban J connectivity index is 1.71. The van der Waals surface area contributed by atoms with Crippen molar-refractivity contribution in [2.24, 2.45) is 33.7 Å². The highest BCUT2D eigenvalue weighted by molar-refractivity contribution is 5.32. The van der Waals surface area contributed by atoms with E-state index in [2.05, 4.69) is 9.98 Å². The third-order valence-corrected chi connectivity index (χ3v) is 4.92. The van der Waals surface area contributed by atoms with Gasteiger partial charge in [-0.1, -0.05) is 12.8 Å². The number of unbranched alkanes of at least 4 members (excludes halogenated alkanes) is 1. The zero-order valence-corrected chi connectivity index (χ0v) is 11.4. The molecule has 2 saturated carbocycles. The maximum Gasteiger partial charge on any atom is 0.234 e. The van der Waals surface area contributed by atoms with Gasteiger partial charge >= 0.3 is 0 Å². The minimum absolute atomic E-state index is 0.627. The number of rotatable bonds is 8. The largest absolute Gasteiger partial charge is 0.234 e. The lowest BCUT2D eigenvalue weighted by atomic mass is 9.77. The molecule has 0 aromatic rings. The number of hydrogen-bond acceptors (Lipinski definition) is 4. The summed E-state index contributed by atoms with van der Waals surface area (Å²) < 4.78 is 0. The molecule has 2 rings (SSSR count). The number of aliphatic imine (C=N–C) groups is 2. The minimum atomic E-state index is 0.627. The molecule has 4 heteroatoms. The van der Waals surface area contributed by atoms with Gasteiger partial charge in [0.1, 0.15) is 0 Å². The van der Waals surface area contributed by atoms with Gasteiger partial charge in [-0.25, -0.2) is 19.6 Å². The molecule has 0 amide bonds. The fourth-order valence-corrected chi connectivity index (χ4v) is 4.23. The molecular weight excluding hydrogens is 240 g/mol. The van der Waals surface area contributed by atoms with E-state index in [0.29, 0.717) is 13.1 Å². The summed E-state index contributed by atoms with van der Waals surface area (Å²) in [5.74, 6) is 3.38. The lowest BCUT2D eigenvalue weighted by Gasteiger charge is -2.29. The molecule has 0 radical (unpaired) electrons. The van der Waals surface area contributed by atoms with Crippen LogP contribution < -0.4 is 0 Å². The van der Waals surface area contributed by atoms with Crippen LogP contribution in [0.25, 0.3) is 0 Å². The van der Waals surface area contributed by atoms with E-state index in [1.165, 1.54) is 25.7 Å². The van der Waals surface area contributed by atoms with Crippen LogP contribution in [0.5, 0.6) is 0 Å². The Morgan fingerprint density at radius 2 is 1.53 bits per heavy atom. The Morgan fingerprint density at radius 3 is 2.21 bits per heavy atom. The van der Waals surface area contributed by atoms with Crippen LogP contribution >= 0.6 is 0 Å². The van der Waals surface area contributed by atoms with Crippen LogP contribution in [0.1, 0.15) is 44.9 Å². The molecule has 2 fully saturated rings. The van der Waals surface area contributed by atoms with E-state index in [-0.39, 0.29) is 0 Å². The van der Waals surface area contributed by atoms with E-state index in [0.717, 1.165) is 42.9 Å². The van der Waals surface area contributed by atoms with E-state index in [4.69, 9.17) is 0 Å². The maximum absolute atomic E-state index is 10.1. The lowest BCUT2D eigenvalue weighted by Crippen LogP contribution is -2.21. The average Bonchev–Trinajstić information content (AvgIpc) is 2.98. The molecule has 2 bridgehead atoms. The summed E-state index contributed by atoms with van der Waals surface area (Å²) in [4.78, 5) is 27.4. The van der Waals surface area contributed by atoms with Crippen molar-refractivity contribution in [1.29, 1.82) is 0 Å². The summed E-state index contributed by atoms with van der Waals surface area (Å²) in [6.07, 6.45) is 11.8. The number of hydrogen-bond donors (Lipinski definition) is 0. The monoisotopic (exact) mass is 262 g/mol. The van der Waals surface area contributed by atoms with Gasteiger partial charge in [0.15, 0.2) is 0 Å². The molecule has 0 saturated heterocycles. The Kier molecular flexibility index (Phi) is 5.50. The maximum atomic E-state index is 10.1. The van der Waals surface area contributed by atoms with Gasteiger partial charge in [0.05, 0.1) is 13.1 Å². The predicted octanol–water partition coefficient (Wildman–Crippen LogP) is 2.88. The first kappa shape index (κ1) is 14.2. The van der Waals surface area contributed by atoms with Gasteiger partial charge < -0.3 is 0 Å². The molecule has 0 aliphatic heterocycles. The predicted molar refractivity (Wildman–Crippen MR) is 72.3 cm³/mol. The molecular formula is C15H22N2O2. The van der Waals surface area contributed by atoms with E-state index in [9.17, 15) is 9.59 Å². The number of carbonyl (C=O) groups excluding carboxylic acids is 2. The van der Waals surface area contributed by atoms with Crippen LogP contribution in [0.3, 0.4) is 0 Å². The Morgan fingerprint density at radius 1 is 0.842 bits per heavy atom. The zero-order chi connectivity index (χ0) is 13.5. The van der Waals surface area contributed by atoms with Crippen LogP contribution in [0.4, 0.5) is 0 Å². The molecule has 0 N–H and O–H groups in total. The van der Waals surface area contributed by atoms with Crippen LogP contribution in [0.2, 0.25) is 0 Å². The van der Waals surface area contributed by atoms with Gasteiger partial charge in [-0.3, -0.25) is 0 Å². The second-order valence-electron chi connectivity index (χ2n) is 5.99. The summed E-state index contributed by atoms with van der Waals surface area (Å²) >= 11 is 0. The molecule has 4 unspecified atom stereocenters. The first-order valence-electron chi connectivity index (χ1n) is 7.42. The second kappa shape index (κ2) is 7.37. The van der Waals surface area contributed by atoms with Gasteiger partial charge in [-0.2, -0.15) is 0 Å². The quantitative estimate of drug-likeness (QED) is 0.383. The summed E-state index contributed by atoms with van der Waals surface area (Å²) in [6.45, 7) is 1.28. The zero-order valence-electron chi connectivity index (χ0n) is 11.4. The van der Waals surface area contributed by atoms with Crippen molar-refractivity contribution in [3.63, 3.8) is 0 Å². The van der Waals surface area contributed by atoms with Crippen molar-refractivity contribution in [2.75, 3.05) is 13.1 Å². The molecule has 0 aromatic carbocycles. The first-order valence-corrected chi connectivity index (χ1v) is 7.42. The van der Waals surface area contributed by atoms with Crippen LogP contribution in [-0.4, -0.2) is 25.2 Å². The third kappa shape index (κ3) is 3.86. The fourth-order valence-electron chi connectivity index (χ4n) is 4.23. The average molecular weight is 262 g/mol. The molecule has 0 heterocycles. The van der Waals surface area contributed by atoms with Crippen LogP contribution in [0, 0.1) is 23.7 Å². The molecule has 4 nitrogen and oxygen atoms in total. The fraction of sp³-hybridized carbons (Fsp3) is 0.867. The van der Waals surface area contributed by atoms with Gasteiger partial charge in [0.25, 0.3) is 0 Å². The summed E-state index contributed by atoms with van der Waals surface area (Å²) in [5.41, 5.74) is 0. The first-order chi connectivity index (χ1) is 9.35. The van der Waals surface area contributed by atoms with E-state index in [1.54, 1.807) is 12.2 Å². The highest BCUT2D eigenvalue weighted by Crippen LogP contribution is 2.54. The van der Waals surface area contributed by atoms with Crippen molar-refractivity contribution in [3.8, 4) is 0 Å². The number of fused-ring (bicyclic) bond motifs is 2. The molecule has 2 aliphatic rings. The van der Waals surface area contributed by atoms with Gasteiger partial charge in [0.2, 0.25) is 12.2 Å². The molecule has 0 spiro atoms. The minimum Gasteiger partial charge on any atom is -0.211 e. The van der Waals surface area contributed by atoms with Crippen molar-refractivity contribution in [3.05, 3.63) is 0 Å². The Hall–Kier alpha value is -1.24. The normalized spacial score (nSPS) is 31.8. The topological polar surface area (TPSA) is 58.9 Å². The third-order valence-electron chi connectivity index (χ3n) is 4.92. The highest BCUT2D eigenvalue weighted by Gasteiger charge is 2.44. The molecule has 19 heavy (non-hydrogen) atoms. The van der Waals surface area contributed by atoms with Crippen molar-refractivity contribution >= 4 is 12.2 Å². The summed E-state index contributed by atoms with van der Waals surface area (Å²) in [5, 5.41) is 0. The van der Waals surface area contributed by atoms with E-state index in [1.807, 2.05) is 0 Å². The van der Waals surface area contributed by atoms with E-state index >= 15 is 0 Å². The standard InChI is InChI=1S/C15H22N2O2/c18-10-16-5-2-1-3-13-7-12-8-14(15(13)9-12)4-6-17-11-19/h12-15H,1-9H2. The molecule has 104 valence electrons. The highest BCUT2D eigenvalue weighted by atomic mass is 16.1. The Bertz CT molecular complexity index is 384. The van der Waals surface area contributed by atoms with Crippen molar-refractivity contribution in [1.82, 2.24) is 0 Å². The van der Waals surface area contributed by atoms with Gasteiger partial charge in [-0.05, 0) is 55.8 Å². The summed E-state index contributed by atoms with van der Waals surface area (Å²) in [6, 6.07) is 0. The SMILES string of the molecule is O=C=NCCCCC1CC2CC(CCN=C=O)C1C2. The van der Waals surface area contributed by atoms with Crippen LogP contribution in [0.15, 0.2) is 9.98 Å².